The fourth-order valence-electron chi connectivity index (χ4n) is 2.39. The first-order valence-electron chi connectivity index (χ1n) is 7.79. The van der Waals surface area contributed by atoms with E-state index in [-0.39, 0.29) is 0 Å². The van der Waals surface area contributed by atoms with Crippen molar-refractivity contribution in [3.8, 4) is 0 Å². The van der Waals surface area contributed by atoms with E-state index in [0.29, 0.717) is 0 Å². The molecule has 1 N–H and O–H groups in total. The molecule has 0 radical (unpaired) electrons. The molecule has 1 heteroatoms. The van der Waals surface area contributed by atoms with Gasteiger partial charge >= 0.3 is 0 Å². The van der Waals surface area contributed by atoms with Crippen molar-refractivity contribution in [2.45, 2.75) is 47.5 Å². The minimum atomic E-state index is 0.733. The van der Waals surface area contributed by atoms with Crippen LogP contribution in [0.15, 0.2) is 24.3 Å². The highest BCUT2D eigenvalue weighted by atomic mass is 14.9. The molecular formula is C18H31N. The van der Waals surface area contributed by atoms with Gasteiger partial charge in [0.25, 0.3) is 0 Å². The van der Waals surface area contributed by atoms with Gasteiger partial charge in [0.15, 0.2) is 0 Å². The fourth-order valence-corrected chi connectivity index (χ4v) is 2.39. The lowest BCUT2D eigenvalue weighted by molar-refractivity contribution is 0.324. The summed E-state index contributed by atoms with van der Waals surface area (Å²) in [5.74, 6) is 2.25. The van der Waals surface area contributed by atoms with Gasteiger partial charge in [-0.3, -0.25) is 0 Å². The summed E-state index contributed by atoms with van der Waals surface area (Å²) >= 11 is 0. The smallest absolute Gasteiger partial charge is 0.00147 e. The molecule has 0 aromatic heterocycles. The average molecular weight is 261 g/mol. The molecule has 0 saturated heterocycles. The van der Waals surface area contributed by atoms with E-state index < -0.39 is 0 Å². The van der Waals surface area contributed by atoms with Crippen LogP contribution in [-0.2, 0) is 6.42 Å². The van der Waals surface area contributed by atoms with Crippen LogP contribution >= 0.6 is 0 Å². The normalized spacial score (nSPS) is 14.6. The van der Waals surface area contributed by atoms with Gasteiger partial charge in [0.1, 0.15) is 0 Å². The van der Waals surface area contributed by atoms with E-state index in [1.165, 1.54) is 24.0 Å². The predicted molar refractivity (Wildman–Crippen MR) is 85.5 cm³/mol. The zero-order valence-corrected chi connectivity index (χ0v) is 13.4. The highest BCUT2D eigenvalue weighted by Gasteiger charge is 2.16. The molecule has 0 aliphatic heterocycles. The lowest BCUT2D eigenvalue weighted by atomic mass is 9.86. The average Bonchev–Trinajstić information content (AvgIpc) is 2.38. The van der Waals surface area contributed by atoms with Gasteiger partial charge in [-0.25, -0.2) is 0 Å². The van der Waals surface area contributed by atoms with Crippen LogP contribution in [0.4, 0.5) is 0 Å². The lowest BCUT2D eigenvalue weighted by Gasteiger charge is -2.24. The number of hydrogen-bond donors (Lipinski definition) is 1. The van der Waals surface area contributed by atoms with Crippen molar-refractivity contribution in [2.75, 3.05) is 13.1 Å². The molecule has 2 unspecified atom stereocenters. The van der Waals surface area contributed by atoms with E-state index in [0.717, 1.165) is 30.8 Å². The number of aryl methyl sites for hydroxylation is 1. The summed E-state index contributed by atoms with van der Waals surface area (Å²) in [7, 11) is 0. The van der Waals surface area contributed by atoms with Crippen LogP contribution in [0.1, 0.15) is 45.2 Å². The molecule has 0 amide bonds. The van der Waals surface area contributed by atoms with E-state index in [4.69, 9.17) is 0 Å². The SMILES string of the molecule is CCC(C)C(CNCC(C)C)Cc1ccc(C)cc1. The third kappa shape index (κ3) is 6.24. The Morgan fingerprint density at radius 3 is 2.16 bits per heavy atom. The molecule has 2 atom stereocenters. The number of benzene rings is 1. The van der Waals surface area contributed by atoms with Crippen molar-refractivity contribution in [3.05, 3.63) is 35.4 Å². The van der Waals surface area contributed by atoms with Gasteiger partial charge in [0.2, 0.25) is 0 Å². The first-order valence-corrected chi connectivity index (χ1v) is 7.79. The van der Waals surface area contributed by atoms with Crippen LogP contribution < -0.4 is 5.32 Å². The molecule has 0 saturated carbocycles. The van der Waals surface area contributed by atoms with Crippen molar-refractivity contribution in [1.82, 2.24) is 5.32 Å². The van der Waals surface area contributed by atoms with Crippen LogP contribution in [0.3, 0.4) is 0 Å². The van der Waals surface area contributed by atoms with E-state index in [1.54, 1.807) is 0 Å². The Balaban J connectivity index is 2.56. The maximum Gasteiger partial charge on any atom is -0.00147 e. The topological polar surface area (TPSA) is 12.0 Å². The molecule has 19 heavy (non-hydrogen) atoms. The third-order valence-corrected chi connectivity index (χ3v) is 4.03. The highest BCUT2D eigenvalue weighted by Crippen LogP contribution is 2.20. The summed E-state index contributed by atoms with van der Waals surface area (Å²) in [5, 5.41) is 3.63. The summed E-state index contributed by atoms with van der Waals surface area (Å²) in [6.07, 6.45) is 2.46. The van der Waals surface area contributed by atoms with Crippen molar-refractivity contribution in [3.63, 3.8) is 0 Å². The molecule has 1 aromatic rings. The Hall–Kier alpha value is -0.820. The maximum absolute atomic E-state index is 3.63. The molecule has 0 fully saturated rings. The van der Waals surface area contributed by atoms with Gasteiger partial charge in [-0.15, -0.1) is 0 Å². The zero-order chi connectivity index (χ0) is 14.3. The van der Waals surface area contributed by atoms with Gasteiger partial charge in [-0.1, -0.05) is 63.9 Å². The predicted octanol–water partition coefficient (Wildman–Crippen LogP) is 4.45. The second-order valence-corrected chi connectivity index (χ2v) is 6.39. The number of rotatable bonds is 8. The Labute approximate surface area is 119 Å². The largest absolute Gasteiger partial charge is 0.316 e. The first kappa shape index (κ1) is 16.2. The molecule has 1 aromatic carbocycles. The van der Waals surface area contributed by atoms with Gasteiger partial charge in [-0.05, 0) is 49.8 Å². The van der Waals surface area contributed by atoms with Crippen molar-refractivity contribution >= 4 is 0 Å². The zero-order valence-electron chi connectivity index (χ0n) is 13.4. The molecular weight excluding hydrogens is 230 g/mol. The Bertz CT molecular complexity index is 339. The molecule has 0 aliphatic carbocycles. The van der Waals surface area contributed by atoms with E-state index in [9.17, 15) is 0 Å². The molecule has 0 aliphatic rings. The molecule has 108 valence electrons. The first-order chi connectivity index (χ1) is 9.02. The molecule has 0 spiro atoms. The maximum atomic E-state index is 3.63. The van der Waals surface area contributed by atoms with Gasteiger partial charge in [0.05, 0.1) is 0 Å². The standard InChI is InChI=1S/C18H31N/c1-6-16(5)18(13-19-12-14(2)3)11-17-9-7-15(4)8-10-17/h7-10,14,16,18-19H,6,11-13H2,1-5H3. The second-order valence-electron chi connectivity index (χ2n) is 6.39. The molecule has 0 heterocycles. The van der Waals surface area contributed by atoms with Crippen molar-refractivity contribution in [2.24, 2.45) is 17.8 Å². The summed E-state index contributed by atoms with van der Waals surface area (Å²) in [6.45, 7) is 13.6. The number of hydrogen-bond acceptors (Lipinski definition) is 1. The van der Waals surface area contributed by atoms with Crippen molar-refractivity contribution in [1.29, 1.82) is 0 Å². The summed E-state index contributed by atoms with van der Waals surface area (Å²) in [5.41, 5.74) is 2.82. The van der Waals surface area contributed by atoms with E-state index >= 15 is 0 Å². The minimum absolute atomic E-state index is 0.733. The van der Waals surface area contributed by atoms with Crippen LogP contribution in [0.25, 0.3) is 0 Å². The lowest BCUT2D eigenvalue weighted by Crippen LogP contribution is -2.31. The summed E-state index contributed by atoms with van der Waals surface area (Å²) in [6, 6.07) is 9.02. The quantitative estimate of drug-likeness (QED) is 0.729. The minimum Gasteiger partial charge on any atom is -0.316 e. The Morgan fingerprint density at radius 1 is 1.00 bits per heavy atom. The molecule has 0 bridgehead atoms. The number of nitrogens with one attached hydrogen (secondary N) is 1. The van der Waals surface area contributed by atoms with Crippen LogP contribution in [0.2, 0.25) is 0 Å². The van der Waals surface area contributed by atoms with E-state index in [1.807, 2.05) is 0 Å². The van der Waals surface area contributed by atoms with Gasteiger partial charge in [0, 0.05) is 0 Å². The fraction of sp³-hybridized carbons (Fsp3) is 0.667. The highest BCUT2D eigenvalue weighted by molar-refractivity contribution is 5.21. The van der Waals surface area contributed by atoms with Gasteiger partial charge in [-0.2, -0.15) is 0 Å². The van der Waals surface area contributed by atoms with Gasteiger partial charge < -0.3 is 5.32 Å². The van der Waals surface area contributed by atoms with Crippen LogP contribution in [0.5, 0.6) is 0 Å². The second kappa shape index (κ2) is 8.37. The van der Waals surface area contributed by atoms with Crippen LogP contribution in [0, 0.1) is 24.7 Å². The summed E-state index contributed by atoms with van der Waals surface area (Å²) in [4.78, 5) is 0. The van der Waals surface area contributed by atoms with Crippen molar-refractivity contribution < 1.29 is 0 Å². The summed E-state index contributed by atoms with van der Waals surface area (Å²) < 4.78 is 0. The Kier molecular flexibility index (Phi) is 7.15. The monoisotopic (exact) mass is 261 g/mol. The Morgan fingerprint density at radius 2 is 1.63 bits per heavy atom. The van der Waals surface area contributed by atoms with Crippen LogP contribution in [-0.4, -0.2) is 13.1 Å². The molecule has 1 rings (SSSR count). The van der Waals surface area contributed by atoms with E-state index in [2.05, 4.69) is 64.2 Å². The molecule has 1 nitrogen and oxygen atoms in total. The third-order valence-electron chi connectivity index (χ3n) is 4.03.